The Labute approximate surface area is 196 Å². The summed E-state index contributed by atoms with van der Waals surface area (Å²) in [4.78, 5) is 24.3. The molecule has 8 nitrogen and oxygen atoms in total. The fourth-order valence-electron chi connectivity index (χ4n) is 4.20. The summed E-state index contributed by atoms with van der Waals surface area (Å²) in [5.74, 6) is 1.95. The molecule has 0 radical (unpaired) electrons. The first-order valence-corrected chi connectivity index (χ1v) is 15.2. The van der Waals surface area contributed by atoms with E-state index in [9.17, 15) is 4.79 Å². The molecule has 1 aliphatic rings. The molecular weight excluding hydrogens is 432 g/mol. The number of hydrogen-bond donors (Lipinski definition) is 1. The number of pyridine rings is 1. The lowest BCUT2D eigenvalue weighted by Gasteiger charge is -2.36. The number of nitrogens with zero attached hydrogens (tertiary/aromatic N) is 5. The number of ketones is 1. The van der Waals surface area contributed by atoms with Gasteiger partial charge in [0.25, 0.3) is 0 Å². The van der Waals surface area contributed by atoms with Gasteiger partial charge < -0.3 is 14.6 Å². The van der Waals surface area contributed by atoms with Crippen LogP contribution in [0.15, 0.2) is 36.8 Å². The van der Waals surface area contributed by atoms with Crippen LogP contribution in [0.3, 0.4) is 0 Å². The highest BCUT2D eigenvalue weighted by Gasteiger charge is 2.31. The average Bonchev–Trinajstić information content (AvgIpc) is 3.21. The molecule has 4 rings (SSSR count). The molecule has 0 bridgehead atoms. The molecule has 1 unspecified atom stereocenters. The van der Waals surface area contributed by atoms with Crippen LogP contribution in [0, 0.1) is 0 Å². The smallest absolute Gasteiger partial charge is 0.183 e. The maximum absolute atomic E-state index is 12.9. The van der Waals surface area contributed by atoms with E-state index in [1.54, 1.807) is 6.20 Å². The van der Waals surface area contributed by atoms with Crippen molar-refractivity contribution in [2.24, 2.45) is 0 Å². The van der Waals surface area contributed by atoms with Crippen LogP contribution in [0.25, 0.3) is 5.65 Å². The van der Waals surface area contributed by atoms with Crippen molar-refractivity contribution in [3.05, 3.63) is 47.9 Å². The number of nitrogens with one attached hydrogen (secondary N) is 1. The first-order chi connectivity index (χ1) is 15.9. The van der Waals surface area contributed by atoms with Crippen LogP contribution in [0.5, 0.6) is 0 Å². The second kappa shape index (κ2) is 10.0. The fraction of sp³-hybridized carbons (Fsp3) is 0.500. The predicted molar refractivity (Wildman–Crippen MR) is 133 cm³/mol. The average molecular weight is 467 g/mol. The molecule has 1 N–H and O–H groups in total. The minimum Gasteiger partial charge on any atom is -0.418 e. The molecule has 33 heavy (non-hydrogen) atoms. The van der Waals surface area contributed by atoms with Crippen molar-refractivity contribution in [1.82, 2.24) is 19.6 Å². The Bertz CT molecular complexity index is 1100. The number of carbonyl (C=O) groups is 1. The predicted octanol–water partition coefficient (Wildman–Crippen LogP) is 4.08. The Hall–Kier alpha value is -2.78. The van der Waals surface area contributed by atoms with Gasteiger partial charge in [-0.15, -0.1) is 0 Å². The number of aromatic nitrogens is 4. The van der Waals surface area contributed by atoms with E-state index in [0.717, 1.165) is 47.8 Å². The van der Waals surface area contributed by atoms with Crippen LogP contribution in [-0.4, -0.2) is 52.9 Å². The third kappa shape index (κ3) is 5.59. The number of aryl methyl sites for hydroxylation is 1. The molecule has 0 spiro atoms. The molecule has 9 heteroatoms. The van der Waals surface area contributed by atoms with Gasteiger partial charge in [-0.25, -0.2) is 4.98 Å². The van der Waals surface area contributed by atoms with E-state index in [1.807, 2.05) is 35.1 Å². The van der Waals surface area contributed by atoms with E-state index in [2.05, 4.69) is 46.9 Å². The number of Topliss-reactive ketones (excluding diaryl/α,β-unsaturated/α-hetero) is 1. The topological polar surface area (TPSA) is 84.7 Å². The molecular formula is C24H34N6O2Si. The van der Waals surface area contributed by atoms with Gasteiger partial charge in [0.05, 0.1) is 12.2 Å². The van der Waals surface area contributed by atoms with E-state index in [-0.39, 0.29) is 11.8 Å². The minimum atomic E-state index is -1.63. The molecule has 176 valence electrons. The first-order valence-electron chi connectivity index (χ1n) is 11.8. The van der Waals surface area contributed by atoms with Gasteiger partial charge in [0, 0.05) is 50.1 Å². The summed E-state index contributed by atoms with van der Waals surface area (Å²) >= 11 is 0. The van der Waals surface area contributed by atoms with Gasteiger partial charge >= 0.3 is 0 Å². The number of rotatable bonds is 9. The van der Waals surface area contributed by atoms with E-state index >= 15 is 0 Å². The second-order valence-electron chi connectivity index (χ2n) is 9.50. The van der Waals surface area contributed by atoms with Crippen molar-refractivity contribution < 1.29 is 9.22 Å². The Morgan fingerprint density at radius 1 is 1.27 bits per heavy atom. The molecule has 0 saturated carbocycles. The van der Waals surface area contributed by atoms with Crippen molar-refractivity contribution in [2.75, 3.05) is 23.4 Å². The van der Waals surface area contributed by atoms with Gasteiger partial charge in [0.15, 0.2) is 19.7 Å². The first kappa shape index (κ1) is 23.4. The fourth-order valence-corrected chi connectivity index (χ4v) is 4.93. The summed E-state index contributed by atoms with van der Waals surface area (Å²) < 4.78 is 7.93. The van der Waals surface area contributed by atoms with Gasteiger partial charge in [-0.2, -0.15) is 9.61 Å². The molecule has 3 aromatic rings. The zero-order valence-electron chi connectivity index (χ0n) is 20.0. The Kier molecular flexibility index (Phi) is 7.09. The maximum atomic E-state index is 12.9. The molecule has 1 saturated heterocycles. The molecule has 0 aliphatic carbocycles. The largest absolute Gasteiger partial charge is 0.418 e. The van der Waals surface area contributed by atoms with E-state index in [4.69, 9.17) is 9.41 Å². The summed E-state index contributed by atoms with van der Waals surface area (Å²) in [7, 11) is -1.63. The zero-order valence-corrected chi connectivity index (χ0v) is 21.0. The van der Waals surface area contributed by atoms with E-state index in [1.165, 1.54) is 0 Å². The van der Waals surface area contributed by atoms with Crippen molar-refractivity contribution in [3.63, 3.8) is 0 Å². The van der Waals surface area contributed by atoms with E-state index in [0.29, 0.717) is 26.0 Å². The van der Waals surface area contributed by atoms with Crippen molar-refractivity contribution in [3.8, 4) is 0 Å². The molecule has 0 amide bonds. The van der Waals surface area contributed by atoms with E-state index < -0.39 is 8.32 Å². The second-order valence-corrected chi connectivity index (χ2v) is 14.0. The lowest BCUT2D eigenvalue weighted by atomic mass is 9.98. The number of anilines is 2. The Morgan fingerprint density at radius 2 is 2.12 bits per heavy atom. The maximum Gasteiger partial charge on any atom is 0.183 e. The molecule has 0 aromatic carbocycles. The lowest BCUT2D eigenvalue weighted by Crippen LogP contribution is -2.47. The minimum absolute atomic E-state index is 0.204. The number of fused-ring (bicyclic) bond motifs is 1. The highest BCUT2D eigenvalue weighted by molar-refractivity contribution is 6.69. The summed E-state index contributed by atoms with van der Waals surface area (Å²) in [6.07, 6.45) is 8.49. The molecule has 3 aromatic heterocycles. The summed E-state index contributed by atoms with van der Waals surface area (Å²) in [6.45, 7) is 10.7. The molecule has 1 atom stereocenters. The normalized spacial score (nSPS) is 17.0. The Morgan fingerprint density at radius 3 is 2.85 bits per heavy atom. The van der Waals surface area contributed by atoms with Gasteiger partial charge in [0.2, 0.25) is 0 Å². The quantitative estimate of drug-likeness (QED) is 0.476. The third-order valence-electron chi connectivity index (χ3n) is 5.90. The summed E-state index contributed by atoms with van der Waals surface area (Å²) in [5.41, 5.74) is 3.00. The highest BCUT2D eigenvalue weighted by atomic mass is 28.4. The van der Waals surface area contributed by atoms with Gasteiger partial charge in [-0.05, 0) is 50.5 Å². The third-order valence-corrected chi connectivity index (χ3v) is 6.97. The van der Waals surface area contributed by atoms with Crippen molar-refractivity contribution in [2.45, 2.75) is 64.8 Å². The van der Waals surface area contributed by atoms with Crippen LogP contribution in [0.4, 0.5) is 11.6 Å². The molecule has 1 aliphatic heterocycles. The summed E-state index contributed by atoms with van der Waals surface area (Å²) in [6, 6.07) is 5.78. The summed E-state index contributed by atoms with van der Waals surface area (Å²) in [5, 5.41) is 8.07. The Balaban J connectivity index is 1.65. The number of piperidine rings is 1. The molecule has 4 heterocycles. The highest BCUT2D eigenvalue weighted by Crippen LogP contribution is 2.28. The monoisotopic (exact) mass is 466 g/mol. The van der Waals surface area contributed by atoms with Gasteiger partial charge in [-0.1, -0.05) is 13.0 Å². The molecule has 1 fully saturated rings. The zero-order chi connectivity index (χ0) is 23.4. The standard InChI is InChI=1S/C24H34N6O2Si/c1-5-19-17-27-30-22(26-16-18-8-6-11-25-15-18)14-23(28-24(19)30)29-12-7-9-21(31)20(29)10-13-32-33(2,3)4/h6,8,11,14-15,17,20,26H,5,7,9-10,12-13,16H2,1-4H3. The van der Waals surface area contributed by atoms with Crippen LogP contribution in [-0.2, 0) is 22.2 Å². The van der Waals surface area contributed by atoms with Crippen LogP contribution in [0.2, 0.25) is 19.6 Å². The van der Waals surface area contributed by atoms with Crippen molar-refractivity contribution >= 4 is 31.4 Å². The van der Waals surface area contributed by atoms with Crippen LogP contribution < -0.4 is 10.2 Å². The van der Waals surface area contributed by atoms with Crippen LogP contribution >= 0.6 is 0 Å². The SMILES string of the molecule is CCc1cnn2c(NCc3cccnc3)cc(N3CCCC(=O)C3CCO[Si](C)(C)C)nc12. The van der Waals surface area contributed by atoms with Crippen LogP contribution in [0.1, 0.15) is 37.3 Å². The van der Waals surface area contributed by atoms with Gasteiger partial charge in [-0.3, -0.25) is 9.78 Å². The number of carbonyl (C=O) groups excluding carboxylic acids is 1. The lowest BCUT2D eigenvalue weighted by molar-refractivity contribution is -0.121. The van der Waals surface area contributed by atoms with Crippen molar-refractivity contribution in [1.29, 1.82) is 0 Å². The van der Waals surface area contributed by atoms with Gasteiger partial charge in [0.1, 0.15) is 11.6 Å². The number of hydrogen-bond acceptors (Lipinski definition) is 7.